The summed E-state index contributed by atoms with van der Waals surface area (Å²) in [5.74, 6) is 0. The number of rotatable bonds is 1. The third-order valence-electron chi connectivity index (χ3n) is 3.08. The average Bonchev–Trinajstić information content (AvgIpc) is 2.80. The number of aromatic nitrogens is 1. The van der Waals surface area contributed by atoms with Crippen LogP contribution in [-0.2, 0) is 6.18 Å². The minimum Gasteiger partial charge on any atom is -0.355 e. The first-order chi connectivity index (χ1) is 9.43. The summed E-state index contributed by atoms with van der Waals surface area (Å²) in [7, 11) is 0. The summed E-state index contributed by atoms with van der Waals surface area (Å²) >= 11 is 5.92. The van der Waals surface area contributed by atoms with Crippen LogP contribution in [0.4, 0.5) is 13.2 Å². The molecule has 0 aliphatic heterocycles. The Morgan fingerprint density at radius 1 is 0.950 bits per heavy atom. The van der Waals surface area contributed by atoms with Crippen molar-refractivity contribution in [1.29, 1.82) is 0 Å². The van der Waals surface area contributed by atoms with E-state index in [1.54, 1.807) is 24.3 Å². The highest BCUT2D eigenvalue weighted by Gasteiger charge is 2.30. The summed E-state index contributed by atoms with van der Waals surface area (Å²) < 4.78 is 38.0. The molecule has 3 rings (SSSR count). The molecule has 0 atom stereocenters. The molecule has 0 fully saturated rings. The lowest BCUT2D eigenvalue weighted by molar-refractivity contribution is -0.137. The fraction of sp³-hybridized carbons (Fsp3) is 0.0667. The molecular formula is C15H9ClF3N. The first kappa shape index (κ1) is 13.1. The van der Waals surface area contributed by atoms with Crippen molar-refractivity contribution >= 4 is 22.5 Å². The zero-order chi connectivity index (χ0) is 14.3. The second-order valence-corrected chi connectivity index (χ2v) is 4.93. The van der Waals surface area contributed by atoms with Crippen molar-refractivity contribution in [2.24, 2.45) is 0 Å². The van der Waals surface area contributed by atoms with Crippen molar-refractivity contribution < 1.29 is 13.2 Å². The molecule has 1 nitrogen and oxygen atoms in total. The molecule has 0 saturated heterocycles. The number of aromatic amines is 1. The lowest BCUT2D eigenvalue weighted by Crippen LogP contribution is -2.03. The molecular weight excluding hydrogens is 287 g/mol. The van der Waals surface area contributed by atoms with Gasteiger partial charge in [-0.2, -0.15) is 13.2 Å². The summed E-state index contributed by atoms with van der Waals surface area (Å²) in [5, 5.41) is 1.10. The van der Waals surface area contributed by atoms with Gasteiger partial charge in [-0.3, -0.25) is 0 Å². The molecule has 2 aromatic carbocycles. The van der Waals surface area contributed by atoms with Gasteiger partial charge in [-0.1, -0.05) is 23.7 Å². The van der Waals surface area contributed by atoms with Crippen LogP contribution >= 0.6 is 11.6 Å². The van der Waals surface area contributed by atoms with Crippen LogP contribution in [-0.4, -0.2) is 4.98 Å². The first-order valence-corrected chi connectivity index (χ1v) is 6.27. The number of alkyl halides is 3. The van der Waals surface area contributed by atoms with Crippen LogP contribution in [0.3, 0.4) is 0 Å². The molecule has 0 radical (unpaired) electrons. The van der Waals surface area contributed by atoms with Crippen molar-refractivity contribution in [3.05, 3.63) is 59.1 Å². The Kier molecular flexibility index (Phi) is 2.98. The third-order valence-corrected chi connectivity index (χ3v) is 3.32. The summed E-state index contributed by atoms with van der Waals surface area (Å²) in [6.07, 6.45) is -4.33. The van der Waals surface area contributed by atoms with E-state index in [-0.39, 0.29) is 0 Å². The lowest BCUT2D eigenvalue weighted by Gasteiger charge is -2.05. The highest BCUT2D eigenvalue weighted by atomic mass is 35.5. The zero-order valence-electron chi connectivity index (χ0n) is 10.1. The predicted octanol–water partition coefficient (Wildman–Crippen LogP) is 5.51. The van der Waals surface area contributed by atoms with E-state index in [0.717, 1.165) is 23.4 Å². The van der Waals surface area contributed by atoms with Gasteiger partial charge in [-0.15, -0.1) is 0 Å². The van der Waals surface area contributed by atoms with Crippen LogP contribution in [0.25, 0.3) is 22.2 Å². The highest BCUT2D eigenvalue weighted by molar-refractivity contribution is 6.30. The van der Waals surface area contributed by atoms with Gasteiger partial charge in [0.25, 0.3) is 0 Å². The van der Waals surface area contributed by atoms with Gasteiger partial charge in [0.1, 0.15) is 0 Å². The smallest absolute Gasteiger partial charge is 0.355 e. The summed E-state index contributed by atoms with van der Waals surface area (Å²) in [6.45, 7) is 0. The summed E-state index contributed by atoms with van der Waals surface area (Å²) in [5.41, 5.74) is 1.58. The van der Waals surface area contributed by atoms with Gasteiger partial charge in [-0.05, 0) is 42.0 Å². The fourth-order valence-corrected chi connectivity index (χ4v) is 2.31. The molecule has 3 aromatic rings. The second-order valence-electron chi connectivity index (χ2n) is 4.49. The summed E-state index contributed by atoms with van der Waals surface area (Å²) in [4.78, 5) is 3.09. The van der Waals surface area contributed by atoms with Gasteiger partial charge in [0.05, 0.1) is 5.56 Å². The van der Waals surface area contributed by atoms with Crippen LogP contribution in [0.2, 0.25) is 5.02 Å². The fourth-order valence-electron chi connectivity index (χ4n) is 2.12. The van der Waals surface area contributed by atoms with Crippen LogP contribution in [0.1, 0.15) is 5.56 Å². The topological polar surface area (TPSA) is 15.8 Å². The van der Waals surface area contributed by atoms with Crippen molar-refractivity contribution in [2.45, 2.75) is 6.18 Å². The number of H-pyrrole nitrogens is 1. The van der Waals surface area contributed by atoms with Crippen molar-refractivity contribution in [3.8, 4) is 11.3 Å². The molecule has 20 heavy (non-hydrogen) atoms. The standard InChI is InChI=1S/C15H9ClF3N/c16-12-3-1-2-9(7-12)14-8-10-6-11(15(17,18)19)4-5-13(10)20-14/h1-8,20H. The average molecular weight is 296 g/mol. The van der Waals surface area contributed by atoms with Gasteiger partial charge in [-0.25, -0.2) is 0 Å². The van der Waals surface area contributed by atoms with Crippen molar-refractivity contribution in [2.75, 3.05) is 0 Å². The van der Waals surface area contributed by atoms with Crippen LogP contribution < -0.4 is 0 Å². The van der Waals surface area contributed by atoms with Gasteiger partial charge >= 0.3 is 6.18 Å². The number of hydrogen-bond donors (Lipinski definition) is 1. The molecule has 0 bridgehead atoms. The van der Waals surface area contributed by atoms with E-state index >= 15 is 0 Å². The molecule has 1 heterocycles. The minimum absolute atomic E-state index is 0.523. The SMILES string of the molecule is FC(F)(F)c1ccc2[nH]c(-c3cccc(Cl)c3)cc2c1. The quantitative estimate of drug-likeness (QED) is 0.609. The Morgan fingerprint density at radius 3 is 2.45 bits per heavy atom. The van der Waals surface area contributed by atoms with E-state index in [1.807, 2.05) is 6.07 Å². The van der Waals surface area contributed by atoms with Crippen molar-refractivity contribution in [3.63, 3.8) is 0 Å². The molecule has 0 spiro atoms. The van der Waals surface area contributed by atoms with Gasteiger partial charge < -0.3 is 4.98 Å². The van der Waals surface area contributed by atoms with E-state index in [4.69, 9.17) is 11.6 Å². The number of fused-ring (bicyclic) bond motifs is 1. The normalized spacial score (nSPS) is 12.0. The van der Waals surface area contributed by atoms with Gasteiger partial charge in [0, 0.05) is 21.6 Å². The highest BCUT2D eigenvalue weighted by Crippen LogP contribution is 2.33. The number of benzene rings is 2. The Balaban J connectivity index is 2.11. The largest absolute Gasteiger partial charge is 0.416 e. The van der Waals surface area contributed by atoms with Gasteiger partial charge in [0.15, 0.2) is 0 Å². The molecule has 0 unspecified atom stereocenters. The lowest BCUT2D eigenvalue weighted by atomic mass is 10.1. The van der Waals surface area contributed by atoms with E-state index in [1.165, 1.54) is 6.07 Å². The Labute approximate surface area is 118 Å². The second kappa shape index (κ2) is 4.56. The molecule has 0 saturated carbocycles. The van der Waals surface area contributed by atoms with Crippen LogP contribution in [0.15, 0.2) is 48.5 Å². The molecule has 0 aliphatic carbocycles. The number of halogens is 4. The predicted molar refractivity (Wildman–Crippen MR) is 73.7 cm³/mol. The Hall–Kier alpha value is -1.94. The van der Waals surface area contributed by atoms with E-state index in [2.05, 4.69) is 4.98 Å². The molecule has 1 aromatic heterocycles. The maximum Gasteiger partial charge on any atom is 0.416 e. The van der Waals surface area contributed by atoms with Gasteiger partial charge in [0.2, 0.25) is 0 Å². The molecule has 5 heteroatoms. The monoisotopic (exact) mass is 295 g/mol. The van der Waals surface area contributed by atoms with Crippen LogP contribution in [0.5, 0.6) is 0 Å². The summed E-state index contributed by atoms with van der Waals surface area (Å²) in [6, 6.07) is 12.5. The van der Waals surface area contributed by atoms with E-state index in [0.29, 0.717) is 15.9 Å². The van der Waals surface area contributed by atoms with Crippen LogP contribution in [0, 0.1) is 0 Å². The first-order valence-electron chi connectivity index (χ1n) is 5.89. The maximum absolute atomic E-state index is 12.7. The molecule has 1 N–H and O–H groups in total. The molecule has 102 valence electrons. The minimum atomic E-state index is -4.33. The molecule has 0 aliphatic rings. The molecule has 0 amide bonds. The number of hydrogen-bond acceptors (Lipinski definition) is 0. The Bertz CT molecular complexity index is 774. The van der Waals surface area contributed by atoms with E-state index < -0.39 is 11.7 Å². The maximum atomic E-state index is 12.7. The number of nitrogens with one attached hydrogen (secondary N) is 1. The third kappa shape index (κ3) is 2.39. The zero-order valence-corrected chi connectivity index (χ0v) is 10.9. The van der Waals surface area contributed by atoms with E-state index in [9.17, 15) is 13.2 Å². The Morgan fingerprint density at radius 2 is 1.75 bits per heavy atom. The van der Waals surface area contributed by atoms with Crippen molar-refractivity contribution in [1.82, 2.24) is 4.98 Å².